The number of para-hydroxylation sites is 1. The summed E-state index contributed by atoms with van der Waals surface area (Å²) in [7, 11) is 3.21. The van der Waals surface area contributed by atoms with Crippen LogP contribution in [0.1, 0.15) is 12.8 Å². The van der Waals surface area contributed by atoms with Gasteiger partial charge in [0.1, 0.15) is 18.8 Å². The summed E-state index contributed by atoms with van der Waals surface area (Å²) < 4.78 is 4.91. The van der Waals surface area contributed by atoms with E-state index in [1.165, 1.54) is 0 Å². The van der Waals surface area contributed by atoms with Gasteiger partial charge in [-0.3, -0.25) is 4.79 Å². The summed E-state index contributed by atoms with van der Waals surface area (Å²) in [4.78, 5) is 27.9. The van der Waals surface area contributed by atoms with Crippen LogP contribution in [0.4, 0.5) is 0 Å². The minimum atomic E-state index is -0.0860. The van der Waals surface area contributed by atoms with Crippen LogP contribution in [0.3, 0.4) is 0 Å². The van der Waals surface area contributed by atoms with Crippen molar-refractivity contribution < 1.29 is 19.1 Å². The third kappa shape index (κ3) is 11.9. The van der Waals surface area contributed by atoms with Crippen molar-refractivity contribution in [2.75, 3.05) is 14.2 Å². The molecule has 0 saturated heterocycles. The van der Waals surface area contributed by atoms with Crippen LogP contribution in [0.15, 0.2) is 30.3 Å². The number of benzene rings is 1. The minimum Gasteiger partial charge on any atom is -0.497 e. The Morgan fingerprint density at radius 1 is 1.33 bits per heavy atom. The van der Waals surface area contributed by atoms with Crippen LogP contribution in [0.5, 0.6) is 5.75 Å². The van der Waals surface area contributed by atoms with Crippen LogP contribution in [0.25, 0.3) is 0 Å². The SMILES string of the molecule is C=O.CNC(=O)CCC=O.COc1ccccc1. The molecule has 0 bridgehead atoms. The molecule has 5 heteroatoms. The Morgan fingerprint density at radius 3 is 2.22 bits per heavy atom. The fourth-order valence-electron chi connectivity index (χ4n) is 0.872. The molecular weight excluding hydrogens is 234 g/mol. The van der Waals surface area contributed by atoms with Crippen molar-refractivity contribution >= 4 is 19.0 Å². The molecule has 0 unspecified atom stereocenters. The van der Waals surface area contributed by atoms with E-state index in [2.05, 4.69) is 5.32 Å². The summed E-state index contributed by atoms with van der Waals surface area (Å²) in [6.45, 7) is 2.00. The summed E-state index contributed by atoms with van der Waals surface area (Å²) >= 11 is 0. The van der Waals surface area contributed by atoms with E-state index in [1.54, 1.807) is 14.2 Å². The highest BCUT2D eigenvalue weighted by Gasteiger charge is 1.93. The second-order valence-electron chi connectivity index (χ2n) is 2.90. The molecule has 18 heavy (non-hydrogen) atoms. The van der Waals surface area contributed by atoms with Gasteiger partial charge in [0, 0.05) is 19.9 Å². The molecule has 0 atom stereocenters. The van der Waals surface area contributed by atoms with E-state index in [1.807, 2.05) is 37.1 Å². The van der Waals surface area contributed by atoms with Crippen molar-refractivity contribution in [3.8, 4) is 5.75 Å². The predicted octanol–water partition coefficient (Wildman–Crippen LogP) is 1.22. The first-order valence-electron chi connectivity index (χ1n) is 5.26. The van der Waals surface area contributed by atoms with Gasteiger partial charge in [-0.25, -0.2) is 0 Å². The van der Waals surface area contributed by atoms with E-state index in [-0.39, 0.29) is 5.91 Å². The first-order chi connectivity index (χ1) is 8.74. The molecule has 1 rings (SSSR count). The van der Waals surface area contributed by atoms with Gasteiger partial charge in [-0.2, -0.15) is 0 Å². The normalized spacial score (nSPS) is 7.67. The number of ether oxygens (including phenoxy) is 1. The first kappa shape index (κ1) is 18.2. The lowest BCUT2D eigenvalue weighted by Gasteiger charge is -1.93. The van der Waals surface area contributed by atoms with Crippen LogP contribution in [0, 0.1) is 0 Å². The maximum Gasteiger partial charge on any atom is 0.220 e. The average Bonchev–Trinajstić information content (AvgIpc) is 2.48. The summed E-state index contributed by atoms with van der Waals surface area (Å²) in [5.74, 6) is 0.824. The summed E-state index contributed by atoms with van der Waals surface area (Å²) in [6.07, 6.45) is 1.36. The van der Waals surface area contributed by atoms with E-state index in [0.717, 1.165) is 12.0 Å². The van der Waals surface area contributed by atoms with Gasteiger partial charge < -0.3 is 19.6 Å². The van der Waals surface area contributed by atoms with Crippen molar-refractivity contribution in [2.45, 2.75) is 12.8 Å². The van der Waals surface area contributed by atoms with Crippen LogP contribution < -0.4 is 10.1 Å². The number of carbonyl (C=O) groups is 3. The molecular formula is C13H19NO4. The van der Waals surface area contributed by atoms with E-state index >= 15 is 0 Å². The minimum absolute atomic E-state index is 0.0860. The van der Waals surface area contributed by atoms with E-state index in [0.29, 0.717) is 12.8 Å². The molecule has 0 aromatic heterocycles. The summed E-state index contributed by atoms with van der Waals surface area (Å²) in [5.41, 5.74) is 0. The summed E-state index contributed by atoms with van der Waals surface area (Å²) in [5, 5.41) is 2.40. The second-order valence-corrected chi connectivity index (χ2v) is 2.90. The Balaban J connectivity index is 0. The van der Waals surface area contributed by atoms with Gasteiger partial charge in [-0.1, -0.05) is 18.2 Å². The number of aldehydes is 1. The van der Waals surface area contributed by atoms with Crippen molar-refractivity contribution in [1.29, 1.82) is 0 Å². The molecule has 0 radical (unpaired) electrons. The zero-order chi connectivity index (χ0) is 14.2. The maximum atomic E-state index is 10.3. The molecule has 0 fully saturated rings. The van der Waals surface area contributed by atoms with Crippen LogP contribution in [0.2, 0.25) is 0 Å². The van der Waals surface area contributed by atoms with Crippen molar-refractivity contribution in [3.05, 3.63) is 30.3 Å². The zero-order valence-corrected chi connectivity index (χ0v) is 10.7. The van der Waals surface area contributed by atoms with Crippen LogP contribution >= 0.6 is 0 Å². The molecule has 5 nitrogen and oxygen atoms in total. The fourth-order valence-corrected chi connectivity index (χ4v) is 0.872. The number of hydrogen-bond donors (Lipinski definition) is 1. The van der Waals surface area contributed by atoms with Gasteiger partial charge in [-0.15, -0.1) is 0 Å². The number of hydrogen-bond acceptors (Lipinski definition) is 4. The van der Waals surface area contributed by atoms with Gasteiger partial charge >= 0.3 is 0 Å². The number of nitrogens with one attached hydrogen (secondary N) is 1. The monoisotopic (exact) mass is 253 g/mol. The number of methoxy groups -OCH3 is 1. The average molecular weight is 253 g/mol. The van der Waals surface area contributed by atoms with Crippen molar-refractivity contribution in [1.82, 2.24) is 5.32 Å². The first-order valence-corrected chi connectivity index (χ1v) is 5.26. The molecule has 0 heterocycles. The fraction of sp³-hybridized carbons (Fsp3) is 0.308. The Morgan fingerprint density at radius 2 is 1.89 bits per heavy atom. The summed E-state index contributed by atoms with van der Waals surface area (Å²) in [6, 6.07) is 9.68. The third-order valence-electron chi connectivity index (χ3n) is 1.75. The second kappa shape index (κ2) is 14.8. The third-order valence-corrected chi connectivity index (χ3v) is 1.75. The Labute approximate surface area is 107 Å². The topological polar surface area (TPSA) is 72.5 Å². The molecule has 0 aliphatic heterocycles. The molecule has 100 valence electrons. The highest BCUT2D eigenvalue weighted by atomic mass is 16.5. The number of rotatable bonds is 4. The standard InChI is InChI=1S/C7H8O.C5H9NO2.CH2O/c1-8-7-5-3-2-4-6-7;1-6-5(8)3-2-4-7;1-2/h2-6H,1H3;4H,2-3H2,1H3,(H,6,8);1H2. The van der Waals surface area contributed by atoms with Gasteiger partial charge in [0.05, 0.1) is 7.11 Å². The lowest BCUT2D eigenvalue weighted by molar-refractivity contribution is -0.122. The quantitative estimate of drug-likeness (QED) is 0.819. The molecule has 1 aromatic carbocycles. The van der Waals surface area contributed by atoms with Crippen molar-refractivity contribution in [3.63, 3.8) is 0 Å². The van der Waals surface area contributed by atoms with E-state index < -0.39 is 0 Å². The molecule has 1 amide bonds. The lowest BCUT2D eigenvalue weighted by atomic mass is 10.3. The lowest BCUT2D eigenvalue weighted by Crippen LogP contribution is -2.16. The van der Waals surface area contributed by atoms with Crippen LogP contribution in [-0.2, 0) is 14.4 Å². The van der Waals surface area contributed by atoms with E-state index in [4.69, 9.17) is 9.53 Å². The Hall–Kier alpha value is -2.17. The van der Waals surface area contributed by atoms with Crippen LogP contribution in [-0.4, -0.2) is 33.1 Å². The molecule has 0 aliphatic carbocycles. The van der Waals surface area contributed by atoms with Gasteiger partial charge in [0.15, 0.2) is 0 Å². The largest absolute Gasteiger partial charge is 0.497 e. The highest BCUT2D eigenvalue weighted by molar-refractivity contribution is 5.77. The molecule has 1 aromatic rings. The molecule has 0 aliphatic rings. The van der Waals surface area contributed by atoms with Gasteiger partial charge in [0.25, 0.3) is 0 Å². The molecule has 1 N–H and O–H groups in total. The smallest absolute Gasteiger partial charge is 0.220 e. The predicted molar refractivity (Wildman–Crippen MR) is 69.5 cm³/mol. The highest BCUT2D eigenvalue weighted by Crippen LogP contribution is 2.05. The van der Waals surface area contributed by atoms with E-state index in [9.17, 15) is 9.59 Å². The Kier molecular flexibility index (Phi) is 15.0. The van der Waals surface area contributed by atoms with Gasteiger partial charge in [0.2, 0.25) is 5.91 Å². The number of carbonyl (C=O) groups excluding carboxylic acids is 3. The maximum absolute atomic E-state index is 10.3. The number of amides is 1. The van der Waals surface area contributed by atoms with Crippen molar-refractivity contribution in [2.24, 2.45) is 0 Å². The Bertz CT molecular complexity index is 314. The molecule has 0 spiro atoms. The molecule has 0 saturated carbocycles. The zero-order valence-electron chi connectivity index (χ0n) is 10.7. The van der Waals surface area contributed by atoms with Gasteiger partial charge in [-0.05, 0) is 12.1 Å².